The number of ether oxygens (including phenoxy) is 1. The molecule has 1 aliphatic heterocycles. The quantitative estimate of drug-likeness (QED) is 0.463. The highest BCUT2D eigenvalue weighted by Crippen LogP contribution is 2.33. The zero-order valence-electron chi connectivity index (χ0n) is 17.4. The van der Waals surface area contributed by atoms with Gasteiger partial charge in [-0.15, -0.1) is 0 Å². The van der Waals surface area contributed by atoms with Crippen LogP contribution < -0.4 is 4.74 Å². The van der Waals surface area contributed by atoms with Crippen molar-refractivity contribution >= 4 is 38.6 Å². The number of aromatic nitrogens is 2. The molecule has 0 atom stereocenters. The van der Waals surface area contributed by atoms with Crippen LogP contribution in [0.25, 0.3) is 21.3 Å². The fraction of sp³-hybridized carbons (Fsp3) is 0.348. The van der Waals surface area contributed by atoms with Crippen molar-refractivity contribution in [2.24, 2.45) is 0 Å². The van der Waals surface area contributed by atoms with E-state index in [1.165, 1.54) is 11.3 Å². The van der Waals surface area contributed by atoms with E-state index in [0.717, 1.165) is 66.8 Å². The van der Waals surface area contributed by atoms with Crippen molar-refractivity contribution in [1.29, 1.82) is 0 Å². The maximum absolute atomic E-state index is 11.7. The number of carbonyl (C=O) groups is 1. The Kier molecular flexibility index (Phi) is 5.57. The number of benzene rings is 1. The lowest BCUT2D eigenvalue weighted by Crippen LogP contribution is -2.40. The SMILES string of the molecule is CC(=O)N1CCCCN(Cc2coc3cc(Oc4nc5ncccc5s4)ccc23)CC1. The largest absolute Gasteiger partial charge is 0.464 e. The standard InChI is InChI=1S/C23H24N4O3S/c1-16(28)27-10-3-2-9-26(11-12-27)14-17-15-29-20-13-18(6-7-19(17)20)30-23-25-22-21(31-23)5-4-8-24-22/h4-8,13,15H,2-3,9-12,14H2,1H3. The summed E-state index contributed by atoms with van der Waals surface area (Å²) in [5.74, 6) is 0.850. The van der Waals surface area contributed by atoms with Crippen LogP contribution in [0.3, 0.4) is 0 Å². The minimum absolute atomic E-state index is 0.159. The van der Waals surface area contributed by atoms with Gasteiger partial charge in [0.05, 0.1) is 11.0 Å². The highest BCUT2D eigenvalue weighted by Gasteiger charge is 2.17. The number of hydrogen-bond acceptors (Lipinski definition) is 7. The maximum atomic E-state index is 11.7. The number of hydrogen-bond donors (Lipinski definition) is 0. The van der Waals surface area contributed by atoms with Gasteiger partial charge in [0.2, 0.25) is 5.91 Å². The van der Waals surface area contributed by atoms with Crippen LogP contribution in [0.4, 0.5) is 0 Å². The zero-order valence-corrected chi connectivity index (χ0v) is 18.2. The first-order chi connectivity index (χ1) is 15.2. The van der Waals surface area contributed by atoms with E-state index in [-0.39, 0.29) is 5.91 Å². The summed E-state index contributed by atoms with van der Waals surface area (Å²) < 4.78 is 12.8. The van der Waals surface area contributed by atoms with Gasteiger partial charge in [-0.05, 0) is 43.7 Å². The summed E-state index contributed by atoms with van der Waals surface area (Å²) in [6.07, 6.45) is 5.70. The molecule has 1 fully saturated rings. The van der Waals surface area contributed by atoms with Gasteiger partial charge in [0.15, 0.2) is 5.65 Å². The van der Waals surface area contributed by atoms with Crippen molar-refractivity contribution in [3.8, 4) is 10.9 Å². The average Bonchev–Trinajstić information content (AvgIpc) is 3.33. The van der Waals surface area contributed by atoms with Crippen LogP contribution in [0.2, 0.25) is 0 Å². The Hall–Kier alpha value is -2.97. The van der Waals surface area contributed by atoms with E-state index in [0.29, 0.717) is 16.6 Å². The summed E-state index contributed by atoms with van der Waals surface area (Å²) in [5, 5.41) is 1.65. The predicted molar refractivity (Wildman–Crippen MR) is 120 cm³/mol. The van der Waals surface area contributed by atoms with Crippen LogP contribution in [0.15, 0.2) is 47.2 Å². The summed E-state index contributed by atoms with van der Waals surface area (Å²) in [6.45, 7) is 6.01. The van der Waals surface area contributed by atoms with Crippen LogP contribution in [0.1, 0.15) is 25.3 Å². The second-order valence-electron chi connectivity index (χ2n) is 7.82. The van der Waals surface area contributed by atoms with Crippen LogP contribution in [0, 0.1) is 0 Å². The molecule has 31 heavy (non-hydrogen) atoms. The van der Waals surface area contributed by atoms with E-state index in [1.807, 2.05) is 41.5 Å². The number of rotatable bonds is 4. The molecule has 0 spiro atoms. The van der Waals surface area contributed by atoms with Crippen molar-refractivity contribution in [2.75, 3.05) is 26.2 Å². The molecule has 5 rings (SSSR count). The van der Waals surface area contributed by atoms with Gasteiger partial charge in [0.25, 0.3) is 5.19 Å². The van der Waals surface area contributed by atoms with Gasteiger partial charge >= 0.3 is 0 Å². The lowest BCUT2D eigenvalue weighted by Gasteiger charge is -2.30. The summed E-state index contributed by atoms with van der Waals surface area (Å²) in [4.78, 5) is 24.8. The van der Waals surface area contributed by atoms with E-state index < -0.39 is 0 Å². The molecule has 0 aliphatic carbocycles. The molecule has 4 aromatic rings. The molecule has 4 heterocycles. The molecule has 1 saturated heterocycles. The third kappa shape index (κ3) is 4.40. The fourth-order valence-corrected chi connectivity index (χ4v) is 4.78. The Morgan fingerprint density at radius 2 is 2.10 bits per heavy atom. The minimum atomic E-state index is 0.159. The van der Waals surface area contributed by atoms with Crippen molar-refractivity contribution in [2.45, 2.75) is 26.3 Å². The van der Waals surface area contributed by atoms with Crippen LogP contribution in [-0.2, 0) is 11.3 Å². The van der Waals surface area contributed by atoms with Crippen molar-refractivity contribution in [1.82, 2.24) is 19.8 Å². The van der Waals surface area contributed by atoms with E-state index >= 15 is 0 Å². The molecule has 0 saturated carbocycles. The number of furan rings is 1. The van der Waals surface area contributed by atoms with Gasteiger partial charge in [-0.1, -0.05) is 11.3 Å². The molecule has 3 aromatic heterocycles. The molecule has 7 nitrogen and oxygen atoms in total. The molecular weight excluding hydrogens is 412 g/mol. The van der Waals surface area contributed by atoms with Gasteiger partial charge in [-0.25, -0.2) is 4.98 Å². The molecule has 0 N–H and O–H groups in total. The average molecular weight is 437 g/mol. The number of pyridine rings is 1. The molecule has 8 heteroatoms. The van der Waals surface area contributed by atoms with Crippen molar-refractivity contribution in [3.05, 3.63) is 48.4 Å². The maximum Gasteiger partial charge on any atom is 0.281 e. The first kappa shape index (κ1) is 20.0. The van der Waals surface area contributed by atoms with E-state index in [2.05, 4.69) is 14.9 Å². The Bertz CT molecular complexity index is 1180. The smallest absolute Gasteiger partial charge is 0.281 e. The summed E-state index contributed by atoms with van der Waals surface area (Å²) in [7, 11) is 0. The summed E-state index contributed by atoms with van der Waals surface area (Å²) >= 11 is 1.47. The van der Waals surface area contributed by atoms with Gasteiger partial charge in [0, 0.05) is 56.3 Å². The number of amides is 1. The highest BCUT2D eigenvalue weighted by atomic mass is 32.1. The van der Waals surface area contributed by atoms with Gasteiger partial charge < -0.3 is 14.1 Å². The molecule has 0 radical (unpaired) electrons. The summed E-state index contributed by atoms with van der Waals surface area (Å²) in [6, 6.07) is 9.77. The molecule has 1 amide bonds. The predicted octanol–water partition coefficient (Wildman–Crippen LogP) is 4.67. The number of thiazole rings is 1. The van der Waals surface area contributed by atoms with Crippen LogP contribution in [0.5, 0.6) is 10.9 Å². The monoisotopic (exact) mass is 436 g/mol. The normalized spacial score (nSPS) is 15.8. The summed E-state index contributed by atoms with van der Waals surface area (Å²) in [5.41, 5.74) is 2.64. The first-order valence-electron chi connectivity index (χ1n) is 10.5. The fourth-order valence-electron chi connectivity index (χ4n) is 3.98. The van der Waals surface area contributed by atoms with E-state index in [9.17, 15) is 4.79 Å². The molecule has 0 unspecified atom stereocenters. The third-order valence-corrected chi connectivity index (χ3v) is 6.54. The van der Waals surface area contributed by atoms with E-state index in [1.54, 1.807) is 13.1 Å². The Balaban J connectivity index is 1.30. The lowest BCUT2D eigenvalue weighted by atomic mass is 10.1. The number of nitrogens with zero attached hydrogens (tertiary/aromatic N) is 4. The second kappa shape index (κ2) is 8.64. The topological polar surface area (TPSA) is 71.7 Å². The Morgan fingerprint density at radius 1 is 1.19 bits per heavy atom. The Labute approximate surface area is 184 Å². The minimum Gasteiger partial charge on any atom is -0.464 e. The molecular formula is C23H24N4O3S. The van der Waals surface area contributed by atoms with Crippen molar-refractivity contribution in [3.63, 3.8) is 0 Å². The van der Waals surface area contributed by atoms with Crippen LogP contribution >= 0.6 is 11.3 Å². The first-order valence-corrected chi connectivity index (χ1v) is 11.3. The Morgan fingerprint density at radius 3 is 2.97 bits per heavy atom. The number of fused-ring (bicyclic) bond motifs is 2. The zero-order chi connectivity index (χ0) is 21.2. The number of carbonyl (C=O) groups excluding carboxylic acids is 1. The molecule has 1 aromatic carbocycles. The highest BCUT2D eigenvalue weighted by molar-refractivity contribution is 7.20. The van der Waals surface area contributed by atoms with Gasteiger partial charge in [0.1, 0.15) is 11.3 Å². The molecule has 160 valence electrons. The molecule has 0 bridgehead atoms. The van der Waals surface area contributed by atoms with Crippen molar-refractivity contribution < 1.29 is 13.9 Å². The van der Waals surface area contributed by atoms with Gasteiger partial charge in [-0.2, -0.15) is 4.98 Å². The second-order valence-corrected chi connectivity index (χ2v) is 8.81. The van der Waals surface area contributed by atoms with E-state index in [4.69, 9.17) is 9.15 Å². The van der Waals surface area contributed by atoms with Crippen LogP contribution in [-0.4, -0.2) is 51.9 Å². The van der Waals surface area contributed by atoms with Gasteiger partial charge in [-0.3, -0.25) is 9.69 Å². The lowest BCUT2D eigenvalue weighted by molar-refractivity contribution is -0.129. The molecule has 1 aliphatic rings. The third-order valence-electron chi connectivity index (χ3n) is 5.66.